The molecular weight excluding hydrogens is 344 g/mol. The molecule has 2 aliphatic heterocycles. The van der Waals surface area contributed by atoms with Gasteiger partial charge in [-0.3, -0.25) is 24.1 Å². The van der Waals surface area contributed by atoms with E-state index in [-0.39, 0.29) is 11.7 Å². The highest BCUT2D eigenvalue weighted by Crippen LogP contribution is 2.31. The lowest BCUT2D eigenvalue weighted by atomic mass is 10.1. The summed E-state index contributed by atoms with van der Waals surface area (Å²) in [5.74, 6) is -1.22. The first-order valence-corrected chi connectivity index (χ1v) is 8.82. The van der Waals surface area contributed by atoms with Gasteiger partial charge < -0.3 is 4.90 Å². The zero-order chi connectivity index (χ0) is 19.3. The van der Waals surface area contributed by atoms with E-state index in [0.717, 1.165) is 16.2 Å². The molecule has 1 unspecified atom stereocenters. The second-order valence-corrected chi connectivity index (χ2v) is 6.84. The fraction of sp³-hybridized carbons (Fsp3) is 0.238. The van der Waals surface area contributed by atoms with Gasteiger partial charge in [-0.05, 0) is 56.2 Å². The number of ketones is 1. The first kappa shape index (κ1) is 17.1. The van der Waals surface area contributed by atoms with Gasteiger partial charge in [0.05, 0.1) is 11.1 Å². The van der Waals surface area contributed by atoms with Crippen LogP contribution in [0.4, 0.5) is 5.69 Å². The number of anilines is 1. The predicted molar refractivity (Wildman–Crippen MR) is 98.9 cm³/mol. The van der Waals surface area contributed by atoms with E-state index in [2.05, 4.69) is 0 Å². The summed E-state index contributed by atoms with van der Waals surface area (Å²) in [5.41, 5.74) is 2.92. The van der Waals surface area contributed by atoms with Gasteiger partial charge in [-0.2, -0.15) is 0 Å². The molecular formula is C21H18N2O4. The Morgan fingerprint density at radius 3 is 2.22 bits per heavy atom. The van der Waals surface area contributed by atoms with Crippen LogP contribution >= 0.6 is 0 Å². The maximum absolute atomic E-state index is 13.1. The average Bonchev–Trinajstić information content (AvgIpc) is 3.20. The van der Waals surface area contributed by atoms with Crippen molar-refractivity contribution in [3.8, 4) is 0 Å². The predicted octanol–water partition coefficient (Wildman–Crippen LogP) is 2.46. The van der Waals surface area contributed by atoms with Gasteiger partial charge in [0.25, 0.3) is 11.8 Å². The van der Waals surface area contributed by atoms with Crippen molar-refractivity contribution in [2.24, 2.45) is 0 Å². The molecule has 2 aromatic rings. The molecule has 27 heavy (non-hydrogen) atoms. The fourth-order valence-electron chi connectivity index (χ4n) is 3.75. The fourth-order valence-corrected chi connectivity index (χ4v) is 3.75. The van der Waals surface area contributed by atoms with Gasteiger partial charge in [-0.1, -0.05) is 12.1 Å². The minimum Gasteiger partial charge on any atom is -0.310 e. The van der Waals surface area contributed by atoms with Crippen LogP contribution in [0.25, 0.3) is 0 Å². The van der Waals surface area contributed by atoms with E-state index in [1.165, 1.54) is 6.92 Å². The van der Waals surface area contributed by atoms with Gasteiger partial charge in [0.2, 0.25) is 5.91 Å². The van der Waals surface area contributed by atoms with Crippen LogP contribution < -0.4 is 4.90 Å². The van der Waals surface area contributed by atoms with Gasteiger partial charge in [0, 0.05) is 17.8 Å². The second-order valence-electron chi connectivity index (χ2n) is 6.84. The highest BCUT2D eigenvalue weighted by Gasteiger charge is 2.42. The maximum atomic E-state index is 13.1. The van der Waals surface area contributed by atoms with E-state index in [0.29, 0.717) is 29.7 Å². The summed E-state index contributed by atoms with van der Waals surface area (Å²) < 4.78 is 0. The lowest BCUT2D eigenvalue weighted by Gasteiger charge is -2.27. The second kappa shape index (κ2) is 6.16. The Hall–Kier alpha value is -3.28. The van der Waals surface area contributed by atoms with Crippen molar-refractivity contribution in [3.63, 3.8) is 0 Å². The van der Waals surface area contributed by atoms with Gasteiger partial charge in [0.1, 0.15) is 6.04 Å². The number of fused-ring (bicyclic) bond motifs is 2. The summed E-state index contributed by atoms with van der Waals surface area (Å²) in [6.07, 6.45) is 0.636. The van der Waals surface area contributed by atoms with E-state index >= 15 is 0 Å². The zero-order valence-corrected chi connectivity index (χ0v) is 15.1. The number of carbonyl (C=O) groups is 4. The molecule has 0 saturated carbocycles. The SMILES string of the molecule is CC(=O)c1ccc2c(c1)CCN2C(=O)C(C)N1C(=O)c2ccccc2C1=O. The molecule has 136 valence electrons. The Morgan fingerprint density at radius 2 is 1.63 bits per heavy atom. The standard InChI is InChI=1S/C21H18N2O4/c1-12(23-20(26)16-5-3-4-6-17(16)21(23)27)19(25)22-10-9-15-11-14(13(2)24)7-8-18(15)22/h3-8,11-12H,9-10H2,1-2H3. The Morgan fingerprint density at radius 1 is 1.00 bits per heavy atom. The van der Waals surface area contributed by atoms with E-state index in [1.807, 2.05) is 0 Å². The molecule has 1 atom stereocenters. The monoisotopic (exact) mass is 362 g/mol. The number of amides is 3. The highest BCUT2D eigenvalue weighted by atomic mass is 16.2. The largest absolute Gasteiger partial charge is 0.310 e. The van der Waals surface area contributed by atoms with E-state index in [9.17, 15) is 19.2 Å². The van der Waals surface area contributed by atoms with Crippen molar-refractivity contribution in [1.82, 2.24) is 4.90 Å². The third kappa shape index (κ3) is 2.56. The van der Waals surface area contributed by atoms with Crippen molar-refractivity contribution in [2.75, 3.05) is 11.4 Å². The molecule has 0 aliphatic carbocycles. The molecule has 2 aromatic carbocycles. The lowest BCUT2D eigenvalue weighted by molar-refractivity contribution is -0.121. The van der Waals surface area contributed by atoms with Crippen molar-refractivity contribution in [3.05, 3.63) is 64.7 Å². The minimum atomic E-state index is -0.907. The Bertz CT molecular complexity index is 976. The molecule has 4 rings (SSSR count). The quantitative estimate of drug-likeness (QED) is 0.621. The molecule has 0 aromatic heterocycles. The molecule has 2 heterocycles. The summed E-state index contributed by atoms with van der Waals surface area (Å²) in [4.78, 5) is 52.5. The number of benzene rings is 2. The number of imide groups is 1. The van der Waals surface area contributed by atoms with Crippen LogP contribution in [0.5, 0.6) is 0 Å². The lowest BCUT2D eigenvalue weighted by Crippen LogP contribution is -2.49. The molecule has 0 fully saturated rings. The molecule has 2 aliphatic rings. The van der Waals surface area contributed by atoms with Crippen LogP contribution in [-0.2, 0) is 11.2 Å². The normalized spacial score (nSPS) is 16.4. The van der Waals surface area contributed by atoms with Crippen LogP contribution in [0.3, 0.4) is 0 Å². The number of hydrogen-bond acceptors (Lipinski definition) is 4. The topological polar surface area (TPSA) is 74.8 Å². The van der Waals surface area contributed by atoms with E-state index < -0.39 is 17.9 Å². The van der Waals surface area contributed by atoms with Crippen LogP contribution in [0.1, 0.15) is 50.5 Å². The molecule has 6 heteroatoms. The van der Waals surface area contributed by atoms with Gasteiger partial charge >= 0.3 is 0 Å². The number of hydrogen-bond donors (Lipinski definition) is 0. The van der Waals surface area contributed by atoms with Crippen LogP contribution in [0, 0.1) is 0 Å². The number of nitrogens with zero attached hydrogens (tertiary/aromatic N) is 2. The number of rotatable bonds is 3. The summed E-state index contributed by atoms with van der Waals surface area (Å²) in [5, 5.41) is 0. The molecule has 0 saturated heterocycles. The number of Topliss-reactive ketones (excluding diaryl/α,β-unsaturated/α-hetero) is 1. The summed E-state index contributed by atoms with van der Waals surface area (Å²) >= 11 is 0. The Kier molecular flexibility index (Phi) is 3.91. The summed E-state index contributed by atoms with van der Waals surface area (Å²) in [7, 11) is 0. The molecule has 0 bridgehead atoms. The summed E-state index contributed by atoms with van der Waals surface area (Å²) in [6, 6.07) is 10.9. The molecule has 6 nitrogen and oxygen atoms in total. The highest BCUT2D eigenvalue weighted by molar-refractivity contribution is 6.23. The molecule has 0 radical (unpaired) electrons. The third-order valence-corrected chi connectivity index (χ3v) is 5.22. The van der Waals surface area contributed by atoms with E-state index in [1.54, 1.807) is 54.3 Å². The van der Waals surface area contributed by atoms with Crippen LogP contribution in [0.2, 0.25) is 0 Å². The number of carbonyl (C=O) groups excluding carboxylic acids is 4. The zero-order valence-electron chi connectivity index (χ0n) is 15.1. The van der Waals surface area contributed by atoms with Crippen molar-refractivity contribution < 1.29 is 19.2 Å². The summed E-state index contributed by atoms with van der Waals surface area (Å²) in [6.45, 7) is 3.54. The van der Waals surface area contributed by atoms with Gasteiger partial charge in [-0.25, -0.2) is 0 Å². The first-order valence-electron chi connectivity index (χ1n) is 8.82. The molecule has 0 spiro atoms. The average molecular weight is 362 g/mol. The molecule has 3 amide bonds. The van der Waals surface area contributed by atoms with Crippen LogP contribution in [-0.4, -0.2) is 41.0 Å². The van der Waals surface area contributed by atoms with Crippen molar-refractivity contribution >= 4 is 29.2 Å². The smallest absolute Gasteiger partial charge is 0.262 e. The Balaban J connectivity index is 1.61. The van der Waals surface area contributed by atoms with Gasteiger partial charge in [0.15, 0.2) is 5.78 Å². The van der Waals surface area contributed by atoms with Crippen LogP contribution in [0.15, 0.2) is 42.5 Å². The van der Waals surface area contributed by atoms with Gasteiger partial charge in [-0.15, -0.1) is 0 Å². The van der Waals surface area contributed by atoms with Crippen molar-refractivity contribution in [2.45, 2.75) is 26.3 Å². The Labute approximate surface area is 156 Å². The van der Waals surface area contributed by atoms with E-state index in [4.69, 9.17) is 0 Å². The first-order chi connectivity index (χ1) is 12.9. The minimum absolute atomic E-state index is 0.0260. The third-order valence-electron chi connectivity index (χ3n) is 5.22. The molecule has 0 N–H and O–H groups in total. The maximum Gasteiger partial charge on any atom is 0.262 e. The van der Waals surface area contributed by atoms with Crippen molar-refractivity contribution in [1.29, 1.82) is 0 Å².